The fourth-order valence-corrected chi connectivity index (χ4v) is 5.50. The van der Waals surface area contributed by atoms with Crippen molar-refractivity contribution in [2.75, 3.05) is 69.2 Å². The molecule has 0 saturated carbocycles. The number of hydrogen-bond acceptors (Lipinski definition) is 5. The molecule has 5 rings (SSSR count). The molecular weight excluding hydrogens is 412 g/mol. The number of fused-ring (bicyclic) bond motifs is 1. The molecule has 7 nitrogen and oxygen atoms in total. The number of nitrogens with zero attached hydrogens (tertiary/aromatic N) is 5. The summed E-state index contributed by atoms with van der Waals surface area (Å²) in [6.07, 6.45) is 6.65. The molecule has 2 aromatic rings. The Hall–Kier alpha value is -2.80. The molecule has 0 bridgehead atoms. The highest BCUT2D eigenvalue weighted by atomic mass is 16.2. The minimum atomic E-state index is 0.0895. The molecule has 0 spiro atoms. The van der Waals surface area contributed by atoms with Gasteiger partial charge in [0.1, 0.15) is 0 Å². The Balaban J connectivity index is 1.21. The number of nitrogens with one attached hydrogen (secondary N) is 1. The van der Waals surface area contributed by atoms with Crippen LogP contribution in [0.2, 0.25) is 0 Å². The van der Waals surface area contributed by atoms with E-state index in [2.05, 4.69) is 51.1 Å². The SMILES string of the molecule is Cc1ccc(N2CCN(C)CC2)c2c1CC[C@H](NC(=O)N1CCN(c3ccncc3)CC1)C2. The lowest BCUT2D eigenvalue weighted by Crippen LogP contribution is -2.54. The van der Waals surface area contributed by atoms with Crippen LogP contribution in [0.1, 0.15) is 23.1 Å². The fraction of sp³-hybridized carbons (Fsp3) is 0.538. The molecule has 2 fully saturated rings. The zero-order chi connectivity index (χ0) is 22.8. The second kappa shape index (κ2) is 9.59. The minimum Gasteiger partial charge on any atom is -0.369 e. The summed E-state index contributed by atoms with van der Waals surface area (Å²) in [4.78, 5) is 26.4. The monoisotopic (exact) mass is 448 g/mol. The van der Waals surface area contributed by atoms with E-state index in [0.717, 1.165) is 71.6 Å². The Morgan fingerprint density at radius 3 is 2.33 bits per heavy atom. The number of urea groups is 1. The lowest BCUT2D eigenvalue weighted by Gasteiger charge is -2.39. The third-order valence-corrected chi connectivity index (χ3v) is 7.60. The Kier molecular flexibility index (Phi) is 6.40. The van der Waals surface area contributed by atoms with Crippen LogP contribution in [0.5, 0.6) is 0 Å². The van der Waals surface area contributed by atoms with E-state index in [-0.39, 0.29) is 12.1 Å². The normalized spacial score (nSPS) is 21.6. The zero-order valence-corrected chi connectivity index (χ0v) is 20.0. The fourth-order valence-electron chi connectivity index (χ4n) is 5.50. The molecule has 1 aromatic heterocycles. The lowest BCUT2D eigenvalue weighted by atomic mass is 9.84. The van der Waals surface area contributed by atoms with Gasteiger partial charge in [0.2, 0.25) is 0 Å². The Bertz CT molecular complexity index is 964. The van der Waals surface area contributed by atoms with Crippen molar-refractivity contribution in [2.24, 2.45) is 0 Å². The zero-order valence-electron chi connectivity index (χ0n) is 20.0. The van der Waals surface area contributed by atoms with Gasteiger partial charge < -0.3 is 24.9 Å². The number of carbonyl (C=O) groups excluding carboxylic acids is 1. The van der Waals surface area contributed by atoms with E-state index < -0.39 is 0 Å². The van der Waals surface area contributed by atoms with Crippen LogP contribution < -0.4 is 15.1 Å². The van der Waals surface area contributed by atoms with Gasteiger partial charge in [0.15, 0.2) is 0 Å². The summed E-state index contributed by atoms with van der Waals surface area (Å²) in [7, 11) is 2.20. The van der Waals surface area contributed by atoms with Gasteiger partial charge in [-0.25, -0.2) is 4.79 Å². The molecule has 3 aliphatic rings. The number of aryl methyl sites for hydroxylation is 1. The van der Waals surface area contributed by atoms with Gasteiger partial charge in [-0.3, -0.25) is 4.98 Å². The van der Waals surface area contributed by atoms with Gasteiger partial charge in [-0.05, 0) is 68.1 Å². The second-order valence-electron chi connectivity index (χ2n) is 9.72. The van der Waals surface area contributed by atoms with Crippen LogP contribution in [0.15, 0.2) is 36.7 Å². The second-order valence-corrected chi connectivity index (χ2v) is 9.72. The topological polar surface area (TPSA) is 55.0 Å². The van der Waals surface area contributed by atoms with Crippen molar-refractivity contribution >= 4 is 17.4 Å². The minimum absolute atomic E-state index is 0.0895. The predicted octanol–water partition coefficient (Wildman–Crippen LogP) is 2.53. The molecule has 1 atom stereocenters. The van der Waals surface area contributed by atoms with Gasteiger partial charge in [0.05, 0.1) is 0 Å². The number of anilines is 2. The molecule has 2 saturated heterocycles. The summed E-state index contributed by atoms with van der Waals surface area (Å²) >= 11 is 0. The number of likely N-dealkylation sites (N-methyl/N-ethyl adjacent to an activating group) is 1. The van der Waals surface area contributed by atoms with Crippen LogP contribution in [0, 0.1) is 6.92 Å². The summed E-state index contributed by atoms with van der Waals surface area (Å²) in [5, 5.41) is 3.37. The summed E-state index contributed by atoms with van der Waals surface area (Å²) in [5.74, 6) is 0. The summed E-state index contributed by atoms with van der Waals surface area (Å²) in [6.45, 7) is 9.81. The van der Waals surface area contributed by atoms with Gasteiger partial charge in [-0.2, -0.15) is 0 Å². The molecule has 1 aromatic carbocycles. The molecular formula is C26H36N6O. The van der Waals surface area contributed by atoms with Crippen molar-refractivity contribution in [1.82, 2.24) is 20.1 Å². The Morgan fingerprint density at radius 2 is 1.61 bits per heavy atom. The number of amides is 2. The molecule has 2 aliphatic heterocycles. The van der Waals surface area contributed by atoms with Gasteiger partial charge >= 0.3 is 6.03 Å². The number of piperazine rings is 2. The Labute approximate surface area is 197 Å². The van der Waals surface area contributed by atoms with Crippen molar-refractivity contribution < 1.29 is 4.79 Å². The smallest absolute Gasteiger partial charge is 0.317 e. The molecule has 3 heterocycles. The van der Waals surface area contributed by atoms with E-state index in [1.165, 1.54) is 28.1 Å². The number of hydrogen-bond donors (Lipinski definition) is 1. The molecule has 2 amide bonds. The first-order valence-corrected chi connectivity index (χ1v) is 12.3. The van der Waals surface area contributed by atoms with Crippen LogP contribution in [0.25, 0.3) is 0 Å². The van der Waals surface area contributed by atoms with Crippen molar-refractivity contribution in [2.45, 2.75) is 32.2 Å². The first-order chi connectivity index (χ1) is 16.1. The van der Waals surface area contributed by atoms with E-state index in [4.69, 9.17) is 0 Å². The molecule has 33 heavy (non-hydrogen) atoms. The highest BCUT2D eigenvalue weighted by Crippen LogP contribution is 2.33. The van der Waals surface area contributed by atoms with Gasteiger partial charge in [0, 0.05) is 82.2 Å². The van der Waals surface area contributed by atoms with Crippen LogP contribution >= 0.6 is 0 Å². The quantitative estimate of drug-likeness (QED) is 0.782. The molecule has 1 aliphatic carbocycles. The molecule has 0 unspecified atom stereocenters. The van der Waals surface area contributed by atoms with E-state index in [0.29, 0.717) is 0 Å². The van der Waals surface area contributed by atoms with Crippen molar-refractivity contribution in [3.63, 3.8) is 0 Å². The van der Waals surface area contributed by atoms with Crippen LogP contribution in [0.4, 0.5) is 16.2 Å². The summed E-state index contributed by atoms with van der Waals surface area (Å²) in [6, 6.07) is 8.96. The third kappa shape index (κ3) is 4.78. The van der Waals surface area contributed by atoms with Gasteiger partial charge in [-0.1, -0.05) is 6.07 Å². The molecule has 1 N–H and O–H groups in total. The van der Waals surface area contributed by atoms with E-state index >= 15 is 0 Å². The summed E-state index contributed by atoms with van der Waals surface area (Å²) in [5.41, 5.74) is 6.91. The number of pyridine rings is 1. The number of aromatic nitrogens is 1. The highest BCUT2D eigenvalue weighted by Gasteiger charge is 2.28. The van der Waals surface area contributed by atoms with E-state index in [1.807, 2.05) is 29.4 Å². The summed E-state index contributed by atoms with van der Waals surface area (Å²) < 4.78 is 0. The average Bonchev–Trinajstić information content (AvgIpc) is 2.86. The number of rotatable bonds is 3. The van der Waals surface area contributed by atoms with Gasteiger partial charge in [0.25, 0.3) is 0 Å². The number of carbonyl (C=O) groups is 1. The van der Waals surface area contributed by atoms with E-state index in [1.54, 1.807) is 0 Å². The number of benzene rings is 1. The maximum absolute atomic E-state index is 13.1. The van der Waals surface area contributed by atoms with Crippen molar-refractivity contribution in [3.05, 3.63) is 53.3 Å². The molecule has 176 valence electrons. The van der Waals surface area contributed by atoms with Crippen LogP contribution in [-0.4, -0.2) is 86.3 Å². The van der Waals surface area contributed by atoms with Crippen LogP contribution in [-0.2, 0) is 12.8 Å². The standard InChI is InChI=1S/C26H36N6O/c1-20-3-6-25(31-13-11-29(2)12-14-31)24-19-21(4-5-23(20)24)28-26(33)32-17-15-30(16-18-32)22-7-9-27-10-8-22/h3,6-10,21H,4-5,11-19H2,1-2H3,(H,28,33)/t21-/m0/s1. The van der Waals surface area contributed by atoms with Crippen molar-refractivity contribution in [3.8, 4) is 0 Å². The van der Waals surface area contributed by atoms with Gasteiger partial charge in [-0.15, -0.1) is 0 Å². The lowest BCUT2D eigenvalue weighted by molar-refractivity contribution is 0.189. The molecule has 0 radical (unpaired) electrons. The molecule has 7 heteroatoms. The maximum Gasteiger partial charge on any atom is 0.317 e. The van der Waals surface area contributed by atoms with Crippen LogP contribution in [0.3, 0.4) is 0 Å². The predicted molar refractivity (Wildman–Crippen MR) is 133 cm³/mol. The average molecular weight is 449 g/mol. The third-order valence-electron chi connectivity index (χ3n) is 7.60. The Morgan fingerprint density at radius 1 is 0.909 bits per heavy atom. The largest absolute Gasteiger partial charge is 0.369 e. The van der Waals surface area contributed by atoms with Crippen molar-refractivity contribution in [1.29, 1.82) is 0 Å². The van der Waals surface area contributed by atoms with E-state index in [9.17, 15) is 4.79 Å². The first kappa shape index (κ1) is 22.0. The highest BCUT2D eigenvalue weighted by molar-refractivity contribution is 5.75. The first-order valence-electron chi connectivity index (χ1n) is 12.3. The maximum atomic E-state index is 13.1.